The van der Waals surface area contributed by atoms with Gasteiger partial charge >= 0.3 is 0 Å². The van der Waals surface area contributed by atoms with Crippen LogP contribution < -0.4 is 20.8 Å². The van der Waals surface area contributed by atoms with Gasteiger partial charge in [0.2, 0.25) is 0 Å². The summed E-state index contributed by atoms with van der Waals surface area (Å²) in [6.45, 7) is 1.62. The van der Waals surface area contributed by atoms with E-state index in [2.05, 4.69) is 107 Å². The predicted octanol–water partition coefficient (Wildman–Crippen LogP) is 2.99. The van der Waals surface area contributed by atoms with Crippen molar-refractivity contribution in [2.45, 2.75) is 0 Å². The van der Waals surface area contributed by atoms with E-state index in [1.54, 1.807) is 0 Å². The number of hydrogen-bond acceptors (Lipinski definition) is 4. The van der Waals surface area contributed by atoms with Gasteiger partial charge in [-0.2, -0.15) is 5.10 Å². The second-order valence-corrected chi connectivity index (χ2v) is 9.14. The fourth-order valence-electron chi connectivity index (χ4n) is 3.48. The van der Waals surface area contributed by atoms with E-state index < -0.39 is 7.92 Å². The van der Waals surface area contributed by atoms with Crippen LogP contribution in [0.2, 0.25) is 0 Å². The minimum Gasteiger partial charge on any atom is -0.356 e. The van der Waals surface area contributed by atoms with Crippen molar-refractivity contribution in [1.29, 1.82) is 0 Å². The van der Waals surface area contributed by atoms with Crippen LogP contribution in [-0.4, -0.2) is 43.7 Å². The summed E-state index contributed by atoms with van der Waals surface area (Å²) in [4.78, 5) is 4.53. The van der Waals surface area contributed by atoms with E-state index in [0.717, 1.165) is 13.3 Å². The Morgan fingerprint density at radius 1 is 0.857 bits per heavy atom. The maximum absolute atomic E-state index is 4.33. The molecule has 0 aromatic heterocycles. The van der Waals surface area contributed by atoms with E-state index in [9.17, 15) is 0 Å². The summed E-state index contributed by atoms with van der Waals surface area (Å²) in [5, 5.41) is 10.4. The summed E-state index contributed by atoms with van der Waals surface area (Å²) in [5.74, 6) is 0. The number of hydrogen-bond donors (Lipinski definition) is 0. The van der Waals surface area contributed by atoms with Gasteiger partial charge < -0.3 is 9.80 Å². The van der Waals surface area contributed by atoms with Crippen molar-refractivity contribution in [2.75, 3.05) is 32.3 Å². The van der Waals surface area contributed by atoms with Crippen molar-refractivity contribution < 1.29 is 0 Å². The molecule has 0 radical (unpaired) electrons. The Bertz CT molecular complexity index is 890. The predicted molar refractivity (Wildman–Crippen MR) is 121 cm³/mol. The minimum absolute atomic E-state index is 0.630. The summed E-state index contributed by atoms with van der Waals surface area (Å²) in [7, 11) is 3.53. The van der Waals surface area contributed by atoms with Crippen LogP contribution in [0.15, 0.2) is 90.0 Å². The maximum Gasteiger partial charge on any atom is 0.114 e. The molecule has 0 aliphatic carbocycles. The van der Waals surface area contributed by atoms with E-state index >= 15 is 0 Å². The third kappa shape index (κ3) is 4.02. The Balaban J connectivity index is 1.72. The Hall–Kier alpha value is -2.84. The average Bonchev–Trinajstić information content (AvgIpc) is 3.15. The highest BCUT2D eigenvalue weighted by Crippen LogP contribution is 2.36. The van der Waals surface area contributed by atoms with E-state index in [-0.39, 0.29) is 0 Å². The third-order valence-electron chi connectivity index (χ3n) is 4.75. The molecule has 0 amide bonds. The molecule has 3 aromatic carbocycles. The van der Waals surface area contributed by atoms with Crippen LogP contribution in [0.1, 0.15) is 0 Å². The highest BCUT2D eigenvalue weighted by atomic mass is 31.1. The molecule has 0 N–H and O–H groups in total. The maximum atomic E-state index is 4.33. The molecular weight excluding hydrogens is 363 g/mol. The minimum atomic E-state index is -0.630. The normalized spacial score (nSPS) is 13.4. The molecule has 0 bridgehead atoms. The standard InChI is InChI=1S/C23H25N4P/c1-25(18-27-17-24-26(2)19-27)22-15-9-10-16-23(22)28(20-11-5-3-6-12-20)21-13-7-4-8-14-21/h3-17H,18-19H2,1-2H3. The van der Waals surface area contributed by atoms with Crippen LogP contribution >= 0.6 is 7.92 Å². The van der Waals surface area contributed by atoms with Crippen molar-refractivity contribution in [2.24, 2.45) is 5.10 Å². The summed E-state index contributed by atoms with van der Waals surface area (Å²) < 4.78 is 0. The van der Waals surface area contributed by atoms with Gasteiger partial charge in [0.1, 0.15) is 13.0 Å². The first kappa shape index (κ1) is 18.5. The fraction of sp³-hybridized carbons (Fsp3) is 0.174. The van der Waals surface area contributed by atoms with E-state index in [4.69, 9.17) is 0 Å². The van der Waals surface area contributed by atoms with Crippen LogP contribution in [0.3, 0.4) is 0 Å². The quantitative estimate of drug-likeness (QED) is 0.606. The second-order valence-electron chi connectivity index (χ2n) is 6.95. The topological polar surface area (TPSA) is 22.1 Å². The SMILES string of the molecule is CN1CN(CN(C)c2ccccc2P(c2ccccc2)c2ccccc2)C=N1. The lowest BCUT2D eigenvalue weighted by atomic mass is 10.3. The smallest absolute Gasteiger partial charge is 0.114 e. The molecule has 4 nitrogen and oxygen atoms in total. The zero-order valence-electron chi connectivity index (χ0n) is 16.3. The van der Waals surface area contributed by atoms with E-state index in [0.29, 0.717) is 0 Å². The van der Waals surface area contributed by atoms with Crippen LogP contribution in [-0.2, 0) is 0 Å². The zero-order valence-corrected chi connectivity index (χ0v) is 17.2. The second kappa shape index (κ2) is 8.45. The van der Waals surface area contributed by atoms with Gasteiger partial charge in [-0.3, -0.25) is 5.01 Å². The summed E-state index contributed by atoms with van der Waals surface area (Å²) in [5.41, 5.74) is 1.27. The Labute approximate surface area is 168 Å². The first-order chi connectivity index (χ1) is 13.7. The van der Waals surface area contributed by atoms with E-state index in [1.807, 2.05) is 18.4 Å². The molecule has 0 atom stereocenters. The molecule has 0 spiro atoms. The van der Waals surface area contributed by atoms with Gasteiger partial charge in [0, 0.05) is 25.1 Å². The molecule has 0 saturated heterocycles. The van der Waals surface area contributed by atoms with Gasteiger partial charge in [0.05, 0.1) is 6.67 Å². The number of rotatable bonds is 6. The fourth-order valence-corrected chi connectivity index (χ4v) is 5.99. The first-order valence-corrected chi connectivity index (χ1v) is 10.8. The van der Waals surface area contributed by atoms with Gasteiger partial charge in [-0.1, -0.05) is 78.9 Å². The van der Waals surface area contributed by atoms with Gasteiger partial charge in [0.15, 0.2) is 0 Å². The summed E-state index contributed by atoms with van der Waals surface area (Å²) >= 11 is 0. The molecule has 4 rings (SSSR count). The number of para-hydroxylation sites is 1. The van der Waals surface area contributed by atoms with Gasteiger partial charge in [-0.05, 0) is 24.6 Å². The lowest BCUT2D eigenvalue weighted by Crippen LogP contribution is -2.37. The molecule has 1 aliphatic rings. The molecule has 3 aromatic rings. The molecular formula is C23H25N4P. The van der Waals surface area contributed by atoms with Gasteiger partial charge in [0.25, 0.3) is 0 Å². The summed E-state index contributed by atoms with van der Waals surface area (Å²) in [6.07, 6.45) is 1.91. The molecule has 0 fully saturated rings. The average molecular weight is 388 g/mol. The number of anilines is 1. The van der Waals surface area contributed by atoms with Gasteiger partial charge in [-0.25, -0.2) is 0 Å². The van der Waals surface area contributed by atoms with Crippen LogP contribution in [0, 0.1) is 0 Å². The number of hydrazone groups is 1. The molecule has 142 valence electrons. The molecule has 5 heteroatoms. The Morgan fingerprint density at radius 3 is 2.00 bits per heavy atom. The Morgan fingerprint density at radius 2 is 1.43 bits per heavy atom. The first-order valence-electron chi connectivity index (χ1n) is 9.42. The molecule has 0 saturated carbocycles. The van der Waals surface area contributed by atoms with Crippen molar-refractivity contribution >= 4 is 35.9 Å². The molecule has 28 heavy (non-hydrogen) atoms. The largest absolute Gasteiger partial charge is 0.356 e. The lowest BCUT2D eigenvalue weighted by molar-refractivity contribution is 0.279. The number of benzene rings is 3. The molecule has 1 heterocycles. The molecule has 1 aliphatic heterocycles. The van der Waals surface area contributed by atoms with Crippen LogP contribution in [0.5, 0.6) is 0 Å². The van der Waals surface area contributed by atoms with Crippen molar-refractivity contribution in [3.63, 3.8) is 0 Å². The Kier molecular flexibility index (Phi) is 5.59. The lowest BCUT2D eigenvalue weighted by Gasteiger charge is -2.30. The summed E-state index contributed by atoms with van der Waals surface area (Å²) in [6, 6.07) is 30.5. The van der Waals surface area contributed by atoms with Crippen LogP contribution in [0.4, 0.5) is 5.69 Å². The van der Waals surface area contributed by atoms with Crippen molar-refractivity contribution in [3.8, 4) is 0 Å². The van der Waals surface area contributed by atoms with Crippen LogP contribution in [0.25, 0.3) is 0 Å². The zero-order chi connectivity index (χ0) is 19.3. The highest BCUT2D eigenvalue weighted by molar-refractivity contribution is 7.80. The van der Waals surface area contributed by atoms with Gasteiger partial charge in [-0.15, -0.1) is 0 Å². The highest BCUT2D eigenvalue weighted by Gasteiger charge is 2.21. The monoisotopic (exact) mass is 388 g/mol. The number of nitrogens with zero attached hydrogens (tertiary/aromatic N) is 4. The molecule has 0 unspecified atom stereocenters. The van der Waals surface area contributed by atoms with Crippen molar-refractivity contribution in [3.05, 3.63) is 84.9 Å². The van der Waals surface area contributed by atoms with E-state index in [1.165, 1.54) is 21.6 Å². The van der Waals surface area contributed by atoms with Crippen molar-refractivity contribution in [1.82, 2.24) is 9.91 Å². The third-order valence-corrected chi connectivity index (χ3v) is 7.24.